The van der Waals surface area contributed by atoms with Crippen LogP contribution in [0.1, 0.15) is 0 Å². The van der Waals surface area contributed by atoms with Crippen molar-refractivity contribution in [3.05, 3.63) is 158 Å². The van der Waals surface area contributed by atoms with Gasteiger partial charge in [0, 0.05) is 38.5 Å². The summed E-state index contributed by atoms with van der Waals surface area (Å²) in [7, 11) is 0. The van der Waals surface area contributed by atoms with Crippen LogP contribution in [0.15, 0.2) is 158 Å². The molecule has 0 bridgehead atoms. The fraction of sp³-hybridized carbons (Fsp3) is 0. The molecule has 0 spiro atoms. The molecule has 0 fully saturated rings. The van der Waals surface area contributed by atoms with Crippen molar-refractivity contribution < 1.29 is 0 Å². The van der Waals surface area contributed by atoms with Crippen molar-refractivity contribution in [1.29, 1.82) is 0 Å². The second kappa shape index (κ2) is 9.93. The van der Waals surface area contributed by atoms with Gasteiger partial charge in [-0.05, 0) is 80.2 Å². The Kier molecular flexibility index (Phi) is 5.35. The van der Waals surface area contributed by atoms with E-state index in [1.165, 1.54) is 59.5 Å². The Morgan fingerprint density at radius 3 is 1.67 bits per heavy atom. The van der Waals surface area contributed by atoms with Gasteiger partial charge in [0.05, 0.1) is 11.0 Å². The molecule has 0 saturated heterocycles. The monoisotopic (exact) mass is 622 g/mol. The summed E-state index contributed by atoms with van der Waals surface area (Å²) in [6.45, 7) is 0. The molecule has 0 aliphatic heterocycles. The molecular weight excluding hydrogens is 597 g/mol. The minimum atomic E-state index is 0.648. The van der Waals surface area contributed by atoms with Crippen LogP contribution in [0.25, 0.3) is 105 Å². The molecule has 0 saturated carbocycles. The zero-order valence-electron chi connectivity index (χ0n) is 26.3. The van der Waals surface area contributed by atoms with Crippen LogP contribution >= 0.6 is 0 Å². The zero-order valence-corrected chi connectivity index (χ0v) is 26.3. The van der Waals surface area contributed by atoms with E-state index in [1.807, 2.05) is 30.3 Å². The van der Waals surface area contributed by atoms with Gasteiger partial charge in [0.15, 0.2) is 17.5 Å². The Morgan fingerprint density at radius 2 is 0.878 bits per heavy atom. The molecule has 0 radical (unpaired) electrons. The molecule has 0 amide bonds. The Labute approximate surface area is 281 Å². The van der Waals surface area contributed by atoms with E-state index in [9.17, 15) is 0 Å². The average molecular weight is 623 g/mol. The summed E-state index contributed by atoms with van der Waals surface area (Å²) in [5.74, 6) is 1.96. The first-order valence-corrected chi connectivity index (χ1v) is 16.6. The summed E-state index contributed by atoms with van der Waals surface area (Å²) in [4.78, 5) is 15.0. The van der Waals surface area contributed by atoms with Gasteiger partial charge in [0.2, 0.25) is 0 Å². The number of nitrogens with zero attached hydrogens (tertiary/aromatic N) is 4. The van der Waals surface area contributed by atoms with Gasteiger partial charge in [-0.25, -0.2) is 15.0 Å². The van der Waals surface area contributed by atoms with Gasteiger partial charge in [-0.2, -0.15) is 0 Å². The minimum absolute atomic E-state index is 0.648. The maximum absolute atomic E-state index is 5.04. The fourth-order valence-corrected chi connectivity index (χ4v) is 7.91. The van der Waals surface area contributed by atoms with E-state index >= 15 is 0 Å². The third-order valence-corrected chi connectivity index (χ3v) is 10.1. The number of aromatic nitrogens is 4. The van der Waals surface area contributed by atoms with E-state index in [0.717, 1.165) is 27.8 Å². The Morgan fingerprint density at radius 1 is 0.327 bits per heavy atom. The van der Waals surface area contributed by atoms with Crippen molar-refractivity contribution in [1.82, 2.24) is 19.5 Å². The van der Waals surface area contributed by atoms with E-state index in [-0.39, 0.29) is 0 Å². The topological polar surface area (TPSA) is 43.6 Å². The van der Waals surface area contributed by atoms with Gasteiger partial charge in [-0.1, -0.05) is 115 Å². The number of rotatable bonds is 4. The molecule has 11 aromatic rings. The lowest BCUT2D eigenvalue weighted by Crippen LogP contribution is -2.00. The number of benzene rings is 9. The Bertz CT molecular complexity index is 3030. The highest BCUT2D eigenvalue weighted by Crippen LogP contribution is 2.47. The quantitative estimate of drug-likeness (QED) is 0.145. The molecule has 4 heteroatoms. The van der Waals surface area contributed by atoms with Gasteiger partial charge in [0.1, 0.15) is 0 Å². The summed E-state index contributed by atoms with van der Waals surface area (Å²) in [6, 6.07) is 56.0. The van der Waals surface area contributed by atoms with Crippen LogP contribution < -0.4 is 0 Å². The highest BCUT2D eigenvalue weighted by atomic mass is 15.0. The standard InChI is InChI=1S/C45H26N4/c1-2-9-30(10-3-1)43-46-44(48-45(47-43)33-19-16-27-8-4-5-11-32(27)26-33)31-20-23-34(24-21-31)49-37-15-7-14-36-35-13-6-12-28-17-18-29-22-25-38(49)42(41(36)37)40(29)39(28)35/h1-26H. The van der Waals surface area contributed by atoms with Crippen LogP contribution in [0.3, 0.4) is 0 Å². The lowest BCUT2D eigenvalue weighted by Gasteiger charge is -2.13. The molecule has 0 atom stereocenters. The van der Waals surface area contributed by atoms with Crippen molar-refractivity contribution in [3.8, 4) is 39.9 Å². The van der Waals surface area contributed by atoms with Crippen molar-refractivity contribution >= 4 is 64.9 Å². The molecule has 226 valence electrons. The van der Waals surface area contributed by atoms with Crippen LogP contribution in [0.4, 0.5) is 0 Å². The van der Waals surface area contributed by atoms with E-state index in [1.54, 1.807) is 0 Å². The van der Waals surface area contributed by atoms with Crippen molar-refractivity contribution in [3.63, 3.8) is 0 Å². The maximum Gasteiger partial charge on any atom is 0.164 e. The molecule has 0 aliphatic carbocycles. The van der Waals surface area contributed by atoms with E-state index in [4.69, 9.17) is 15.0 Å². The number of fused-ring (bicyclic) bond motifs is 2. The lowest BCUT2D eigenvalue weighted by molar-refractivity contribution is 1.07. The van der Waals surface area contributed by atoms with Crippen LogP contribution in [0.2, 0.25) is 0 Å². The number of hydrogen-bond acceptors (Lipinski definition) is 3. The maximum atomic E-state index is 5.04. The molecule has 9 aromatic carbocycles. The molecule has 0 unspecified atom stereocenters. The predicted molar refractivity (Wildman–Crippen MR) is 203 cm³/mol. The highest BCUT2D eigenvalue weighted by Gasteiger charge is 2.22. The first kappa shape index (κ1) is 26.4. The minimum Gasteiger partial charge on any atom is -0.309 e. The van der Waals surface area contributed by atoms with Gasteiger partial charge < -0.3 is 4.57 Å². The molecule has 49 heavy (non-hydrogen) atoms. The third-order valence-electron chi connectivity index (χ3n) is 10.1. The molecule has 0 aliphatic rings. The van der Waals surface area contributed by atoms with Crippen molar-refractivity contribution in [2.45, 2.75) is 0 Å². The van der Waals surface area contributed by atoms with Gasteiger partial charge in [-0.3, -0.25) is 0 Å². The molecule has 0 N–H and O–H groups in total. The second-order valence-electron chi connectivity index (χ2n) is 12.8. The molecule has 2 heterocycles. The first-order chi connectivity index (χ1) is 24.3. The van der Waals surface area contributed by atoms with Gasteiger partial charge >= 0.3 is 0 Å². The molecule has 2 aromatic heterocycles. The summed E-state index contributed by atoms with van der Waals surface area (Å²) < 4.78 is 2.41. The first-order valence-electron chi connectivity index (χ1n) is 16.6. The predicted octanol–water partition coefficient (Wildman–Crippen LogP) is 11.5. The summed E-state index contributed by atoms with van der Waals surface area (Å²) in [5.41, 5.74) is 6.39. The third kappa shape index (κ3) is 3.83. The van der Waals surface area contributed by atoms with Gasteiger partial charge in [-0.15, -0.1) is 0 Å². The molecular formula is C45H26N4. The Balaban J connectivity index is 1.10. The SMILES string of the molecule is c1ccc(-c2nc(-c3ccc(-n4c5cccc6c7cccc8ccc9ccc4c(c9c87)c65)cc3)nc(-c3ccc4ccccc4c3)n2)cc1. The van der Waals surface area contributed by atoms with Gasteiger partial charge in [0.25, 0.3) is 0 Å². The summed E-state index contributed by atoms with van der Waals surface area (Å²) in [5, 5.41) is 12.9. The van der Waals surface area contributed by atoms with Crippen molar-refractivity contribution in [2.24, 2.45) is 0 Å². The smallest absolute Gasteiger partial charge is 0.164 e. The molecule has 11 rings (SSSR count). The van der Waals surface area contributed by atoms with Crippen molar-refractivity contribution in [2.75, 3.05) is 0 Å². The van der Waals surface area contributed by atoms with Crippen LogP contribution in [0, 0.1) is 0 Å². The highest BCUT2D eigenvalue weighted by molar-refractivity contribution is 6.40. The average Bonchev–Trinajstić information content (AvgIpc) is 3.52. The summed E-state index contributed by atoms with van der Waals surface area (Å²) >= 11 is 0. The van der Waals surface area contributed by atoms with Crippen LogP contribution in [0.5, 0.6) is 0 Å². The largest absolute Gasteiger partial charge is 0.309 e. The van der Waals surface area contributed by atoms with Crippen LogP contribution in [-0.4, -0.2) is 19.5 Å². The second-order valence-corrected chi connectivity index (χ2v) is 12.8. The normalized spacial score (nSPS) is 12.1. The fourth-order valence-electron chi connectivity index (χ4n) is 7.91. The summed E-state index contributed by atoms with van der Waals surface area (Å²) in [6.07, 6.45) is 0. The van der Waals surface area contributed by atoms with Crippen LogP contribution in [-0.2, 0) is 0 Å². The lowest BCUT2D eigenvalue weighted by atomic mass is 9.89. The van der Waals surface area contributed by atoms with E-state index in [2.05, 4.69) is 132 Å². The number of hydrogen-bond donors (Lipinski definition) is 0. The zero-order chi connectivity index (χ0) is 32.1. The Hall–Kier alpha value is -6.65. The molecule has 4 nitrogen and oxygen atoms in total. The van der Waals surface area contributed by atoms with E-state index < -0.39 is 0 Å². The van der Waals surface area contributed by atoms with E-state index in [0.29, 0.717) is 17.5 Å².